The zero-order valence-electron chi connectivity index (χ0n) is 14.2. The normalized spacial score (nSPS) is 26.1. The Balaban J connectivity index is 2.28. The lowest BCUT2D eigenvalue weighted by Gasteiger charge is -2.44. The van der Waals surface area contributed by atoms with Gasteiger partial charge in [0.2, 0.25) is 0 Å². The number of likely N-dealkylation sites (N-methyl/N-ethyl adjacent to an activating group) is 1. The molecule has 1 saturated carbocycles. The third kappa shape index (κ3) is 3.21. The molecule has 2 atom stereocenters. The average Bonchev–Trinajstić information content (AvgIpc) is 2.42. The first-order chi connectivity index (χ1) is 9.86. The monoisotopic (exact) mass is 287 g/mol. The summed E-state index contributed by atoms with van der Waals surface area (Å²) in [6.07, 6.45) is 5.01. The molecule has 2 nitrogen and oxygen atoms in total. The second-order valence-electron chi connectivity index (χ2n) is 7.10. The standard InChI is InChI=1S/C19H29NO/c1-14-8-7-11-19(13-14,20(4)5)18(21)12-17-15(2)9-6-10-16(17)3/h6,9-10,14H,7-8,11-13H2,1-5H3. The minimum absolute atomic E-state index is 0.258. The summed E-state index contributed by atoms with van der Waals surface area (Å²) in [5, 5.41) is 0. The van der Waals surface area contributed by atoms with Gasteiger partial charge in [0.25, 0.3) is 0 Å². The summed E-state index contributed by atoms with van der Waals surface area (Å²) in [6.45, 7) is 6.51. The zero-order valence-corrected chi connectivity index (χ0v) is 14.2. The van der Waals surface area contributed by atoms with E-state index in [9.17, 15) is 4.79 Å². The molecule has 0 amide bonds. The smallest absolute Gasteiger partial charge is 0.157 e. The van der Waals surface area contributed by atoms with Gasteiger partial charge in [-0.1, -0.05) is 38.0 Å². The van der Waals surface area contributed by atoms with Crippen molar-refractivity contribution in [3.8, 4) is 0 Å². The maximum atomic E-state index is 13.1. The molecule has 0 aliphatic heterocycles. The minimum Gasteiger partial charge on any atom is -0.297 e. The van der Waals surface area contributed by atoms with Crippen LogP contribution in [-0.4, -0.2) is 30.3 Å². The van der Waals surface area contributed by atoms with Gasteiger partial charge in [-0.05, 0) is 63.4 Å². The van der Waals surface area contributed by atoms with E-state index in [0.717, 1.165) is 19.3 Å². The number of benzene rings is 1. The van der Waals surface area contributed by atoms with Crippen LogP contribution in [0.1, 0.15) is 49.3 Å². The molecular formula is C19H29NO. The molecule has 0 saturated heterocycles. The van der Waals surface area contributed by atoms with E-state index >= 15 is 0 Å². The van der Waals surface area contributed by atoms with E-state index in [2.05, 4.69) is 58.0 Å². The van der Waals surface area contributed by atoms with Crippen molar-refractivity contribution in [3.63, 3.8) is 0 Å². The lowest BCUT2D eigenvalue weighted by molar-refractivity contribution is -0.132. The molecule has 1 aromatic carbocycles. The Hall–Kier alpha value is -1.15. The van der Waals surface area contributed by atoms with E-state index in [-0.39, 0.29) is 5.54 Å². The van der Waals surface area contributed by atoms with Gasteiger partial charge in [-0.25, -0.2) is 0 Å². The first kappa shape index (κ1) is 16.2. The van der Waals surface area contributed by atoms with Gasteiger partial charge in [-0.15, -0.1) is 0 Å². The highest BCUT2D eigenvalue weighted by Crippen LogP contribution is 2.37. The molecule has 0 radical (unpaired) electrons. The Labute approximate surface area is 129 Å². The van der Waals surface area contributed by atoms with Crippen LogP contribution in [0, 0.1) is 19.8 Å². The van der Waals surface area contributed by atoms with Gasteiger partial charge in [0.1, 0.15) is 0 Å². The van der Waals surface area contributed by atoms with Crippen LogP contribution < -0.4 is 0 Å². The van der Waals surface area contributed by atoms with E-state index in [1.807, 2.05) is 0 Å². The average molecular weight is 287 g/mol. The van der Waals surface area contributed by atoms with Crippen LogP contribution in [-0.2, 0) is 11.2 Å². The topological polar surface area (TPSA) is 20.3 Å². The van der Waals surface area contributed by atoms with Gasteiger partial charge in [0, 0.05) is 6.42 Å². The van der Waals surface area contributed by atoms with Gasteiger partial charge in [0.05, 0.1) is 5.54 Å². The predicted molar refractivity (Wildman–Crippen MR) is 88.7 cm³/mol. The van der Waals surface area contributed by atoms with Gasteiger partial charge >= 0.3 is 0 Å². The van der Waals surface area contributed by atoms with E-state index in [4.69, 9.17) is 0 Å². The fraction of sp³-hybridized carbons (Fsp3) is 0.632. The first-order valence-corrected chi connectivity index (χ1v) is 8.12. The number of carbonyl (C=O) groups excluding carboxylic acids is 1. The minimum atomic E-state index is -0.258. The summed E-state index contributed by atoms with van der Waals surface area (Å²) in [5.41, 5.74) is 3.44. The second-order valence-corrected chi connectivity index (χ2v) is 7.10. The second kappa shape index (κ2) is 6.31. The summed E-state index contributed by atoms with van der Waals surface area (Å²) in [6, 6.07) is 6.30. The summed E-state index contributed by atoms with van der Waals surface area (Å²) in [5.74, 6) is 1.04. The van der Waals surface area contributed by atoms with Crippen LogP contribution in [0.5, 0.6) is 0 Å². The Morgan fingerprint density at radius 3 is 2.43 bits per heavy atom. The fourth-order valence-electron chi connectivity index (χ4n) is 3.89. The van der Waals surface area contributed by atoms with Crippen molar-refractivity contribution in [1.29, 1.82) is 0 Å². The van der Waals surface area contributed by atoms with E-state index in [1.165, 1.54) is 23.1 Å². The third-order valence-corrected chi connectivity index (χ3v) is 5.33. The summed E-state index contributed by atoms with van der Waals surface area (Å²) in [7, 11) is 4.14. The Bertz CT molecular complexity index is 500. The number of hydrogen-bond acceptors (Lipinski definition) is 2. The van der Waals surface area contributed by atoms with Crippen LogP contribution in [0.4, 0.5) is 0 Å². The Morgan fingerprint density at radius 2 is 1.90 bits per heavy atom. The molecule has 116 valence electrons. The molecular weight excluding hydrogens is 258 g/mol. The number of carbonyl (C=O) groups is 1. The quantitative estimate of drug-likeness (QED) is 0.836. The maximum Gasteiger partial charge on any atom is 0.157 e. The molecule has 1 aromatic rings. The predicted octanol–water partition coefficient (Wildman–Crippen LogP) is 3.93. The highest BCUT2D eigenvalue weighted by Gasteiger charge is 2.43. The summed E-state index contributed by atoms with van der Waals surface area (Å²) in [4.78, 5) is 15.3. The van der Waals surface area contributed by atoms with E-state index in [0.29, 0.717) is 18.1 Å². The van der Waals surface area contributed by atoms with E-state index < -0.39 is 0 Å². The molecule has 0 bridgehead atoms. The molecule has 1 fully saturated rings. The Morgan fingerprint density at radius 1 is 1.29 bits per heavy atom. The number of hydrogen-bond donors (Lipinski definition) is 0. The number of ketones is 1. The van der Waals surface area contributed by atoms with Crippen LogP contribution in [0.15, 0.2) is 18.2 Å². The van der Waals surface area contributed by atoms with Crippen LogP contribution in [0.2, 0.25) is 0 Å². The van der Waals surface area contributed by atoms with Gasteiger partial charge < -0.3 is 0 Å². The van der Waals surface area contributed by atoms with Crippen molar-refractivity contribution in [2.24, 2.45) is 5.92 Å². The van der Waals surface area contributed by atoms with E-state index in [1.54, 1.807) is 0 Å². The maximum absolute atomic E-state index is 13.1. The van der Waals surface area contributed by atoms with Crippen molar-refractivity contribution in [1.82, 2.24) is 4.90 Å². The largest absolute Gasteiger partial charge is 0.297 e. The van der Waals surface area contributed by atoms with Crippen molar-refractivity contribution in [2.45, 2.75) is 58.4 Å². The molecule has 1 aliphatic rings. The molecule has 2 rings (SSSR count). The highest BCUT2D eigenvalue weighted by molar-refractivity contribution is 5.90. The van der Waals surface area contributed by atoms with Gasteiger partial charge in [-0.2, -0.15) is 0 Å². The van der Waals surface area contributed by atoms with Crippen molar-refractivity contribution < 1.29 is 4.79 Å². The van der Waals surface area contributed by atoms with Crippen LogP contribution in [0.25, 0.3) is 0 Å². The molecule has 2 unspecified atom stereocenters. The lowest BCUT2D eigenvalue weighted by Crippen LogP contribution is -2.54. The van der Waals surface area contributed by atoms with Crippen molar-refractivity contribution in [3.05, 3.63) is 34.9 Å². The Kier molecular flexibility index (Phi) is 4.88. The van der Waals surface area contributed by atoms with Crippen molar-refractivity contribution >= 4 is 5.78 Å². The summed E-state index contributed by atoms with van der Waals surface area (Å²) < 4.78 is 0. The number of nitrogens with zero attached hydrogens (tertiary/aromatic N) is 1. The first-order valence-electron chi connectivity index (χ1n) is 8.12. The molecule has 2 heteroatoms. The SMILES string of the molecule is Cc1cccc(C)c1CC(=O)C1(N(C)C)CCCC(C)C1. The fourth-order valence-corrected chi connectivity index (χ4v) is 3.89. The third-order valence-electron chi connectivity index (χ3n) is 5.33. The molecule has 0 aromatic heterocycles. The molecule has 0 heterocycles. The number of rotatable bonds is 4. The number of Topliss-reactive ketones (excluding diaryl/α,β-unsaturated/α-hetero) is 1. The van der Waals surface area contributed by atoms with Crippen molar-refractivity contribution in [2.75, 3.05) is 14.1 Å². The van der Waals surface area contributed by atoms with Crippen LogP contribution >= 0.6 is 0 Å². The highest BCUT2D eigenvalue weighted by atomic mass is 16.1. The van der Waals surface area contributed by atoms with Crippen LogP contribution in [0.3, 0.4) is 0 Å². The summed E-state index contributed by atoms with van der Waals surface area (Å²) >= 11 is 0. The molecule has 21 heavy (non-hydrogen) atoms. The van der Waals surface area contributed by atoms with Gasteiger partial charge in [-0.3, -0.25) is 9.69 Å². The lowest BCUT2D eigenvalue weighted by atomic mass is 9.71. The number of aryl methyl sites for hydroxylation is 2. The zero-order chi connectivity index (χ0) is 15.6. The molecule has 0 spiro atoms. The molecule has 0 N–H and O–H groups in total. The molecule has 1 aliphatic carbocycles. The van der Waals surface area contributed by atoms with Gasteiger partial charge in [0.15, 0.2) is 5.78 Å².